The van der Waals surface area contributed by atoms with Gasteiger partial charge in [-0.2, -0.15) is 0 Å². The van der Waals surface area contributed by atoms with Gasteiger partial charge in [0.05, 0.1) is 27.6 Å². The first-order chi connectivity index (χ1) is 24.8. The summed E-state index contributed by atoms with van der Waals surface area (Å²) in [5, 5.41) is 8.39. The van der Waals surface area contributed by atoms with E-state index in [-0.39, 0.29) is 0 Å². The number of hydrogen-bond donors (Lipinski definition) is 0. The Kier molecular flexibility index (Phi) is 5.63. The third-order valence-corrected chi connectivity index (χ3v) is 10.3. The number of hydrogen-bond acceptors (Lipinski definition) is 2. The Bertz CT molecular complexity index is 3130. The van der Waals surface area contributed by atoms with Crippen molar-refractivity contribution in [2.24, 2.45) is 0 Å². The molecule has 0 saturated carbocycles. The van der Waals surface area contributed by atoms with Crippen molar-refractivity contribution in [2.45, 2.75) is 0 Å². The lowest BCUT2D eigenvalue weighted by Crippen LogP contribution is -1.98. The lowest BCUT2D eigenvalue weighted by molar-refractivity contribution is 1.11. The molecule has 0 radical (unpaired) electrons. The molecule has 0 bridgehead atoms. The van der Waals surface area contributed by atoms with E-state index in [9.17, 15) is 0 Å². The minimum absolute atomic E-state index is 0.926. The van der Waals surface area contributed by atoms with Crippen molar-refractivity contribution in [1.29, 1.82) is 0 Å². The van der Waals surface area contributed by atoms with Crippen LogP contribution >= 0.6 is 0 Å². The first-order valence-electron chi connectivity index (χ1n) is 17.0. The van der Waals surface area contributed by atoms with Crippen LogP contribution in [0.4, 0.5) is 0 Å². The van der Waals surface area contributed by atoms with E-state index in [0.717, 1.165) is 66.7 Å². The van der Waals surface area contributed by atoms with Gasteiger partial charge in [0.2, 0.25) is 0 Å². The Hall–Kier alpha value is -6.78. The summed E-state index contributed by atoms with van der Waals surface area (Å²) >= 11 is 0. The summed E-state index contributed by atoms with van der Waals surface area (Å²) in [4.78, 5) is 10.6. The lowest BCUT2D eigenvalue weighted by atomic mass is 9.98. The Labute approximate surface area is 287 Å². The third-order valence-electron chi connectivity index (χ3n) is 10.3. The molecule has 4 nitrogen and oxygen atoms in total. The average Bonchev–Trinajstić information content (AvgIpc) is 3.79. The number of para-hydroxylation sites is 4. The fraction of sp³-hybridized carbons (Fsp3) is 0. The summed E-state index contributed by atoms with van der Waals surface area (Å²) in [6.07, 6.45) is 0. The number of fused-ring (bicyclic) bond motifs is 14. The van der Waals surface area contributed by atoms with Crippen LogP contribution in [-0.2, 0) is 0 Å². The second kappa shape index (κ2) is 10.4. The Balaban J connectivity index is 1.12. The Morgan fingerprint density at radius 2 is 0.960 bits per heavy atom. The molecule has 0 N–H and O–H groups in total. The van der Waals surface area contributed by atoms with E-state index in [1.54, 1.807) is 0 Å². The van der Waals surface area contributed by atoms with E-state index in [0.29, 0.717) is 0 Å². The number of imidazole rings is 2. The van der Waals surface area contributed by atoms with Crippen molar-refractivity contribution >= 4 is 70.9 Å². The topological polar surface area (TPSA) is 35.1 Å². The zero-order valence-electron chi connectivity index (χ0n) is 27.0. The van der Waals surface area contributed by atoms with Crippen LogP contribution in [0.1, 0.15) is 0 Å². The van der Waals surface area contributed by atoms with E-state index in [2.05, 4.69) is 179 Å². The van der Waals surface area contributed by atoms with E-state index in [4.69, 9.17) is 9.97 Å². The van der Waals surface area contributed by atoms with Crippen LogP contribution in [-0.4, -0.2) is 18.9 Å². The van der Waals surface area contributed by atoms with Crippen molar-refractivity contribution in [3.63, 3.8) is 0 Å². The fourth-order valence-electron chi connectivity index (χ4n) is 8.03. The van der Waals surface area contributed by atoms with Gasteiger partial charge < -0.3 is 0 Å². The predicted octanol–water partition coefficient (Wildman–Crippen LogP) is 11.8. The van der Waals surface area contributed by atoms with Gasteiger partial charge in [-0.3, -0.25) is 8.97 Å². The molecule has 3 aromatic heterocycles. The summed E-state index contributed by atoms with van der Waals surface area (Å²) in [5.74, 6) is 0.926. The number of benzene rings is 8. The molecule has 232 valence electrons. The molecule has 50 heavy (non-hydrogen) atoms. The highest BCUT2D eigenvalue weighted by Crippen LogP contribution is 2.40. The fourth-order valence-corrected chi connectivity index (χ4v) is 8.03. The number of rotatable bonds is 3. The van der Waals surface area contributed by atoms with Crippen LogP contribution < -0.4 is 0 Å². The van der Waals surface area contributed by atoms with Crippen LogP contribution in [0.3, 0.4) is 0 Å². The van der Waals surface area contributed by atoms with Crippen molar-refractivity contribution in [3.8, 4) is 28.2 Å². The first kappa shape index (κ1) is 27.2. The first-order valence-corrected chi connectivity index (χ1v) is 17.0. The molecule has 0 aliphatic heterocycles. The quantitative estimate of drug-likeness (QED) is 0.181. The molecule has 11 rings (SSSR count). The normalized spacial score (nSPS) is 12.0. The van der Waals surface area contributed by atoms with Crippen molar-refractivity contribution in [3.05, 3.63) is 170 Å². The van der Waals surface area contributed by atoms with Gasteiger partial charge in [-0.25, -0.2) is 9.97 Å². The molecular weight excluding hydrogens is 609 g/mol. The Morgan fingerprint density at radius 3 is 1.76 bits per heavy atom. The molecule has 0 atom stereocenters. The standard InChI is InChI=1S/C46H28N4/c1-2-12-32(13-3-1)49-44-38-18-7-5-15-34(38)33-14-4-6-17-37(33)43(44)48-45(49)30-24-22-29(23-25-30)31-26-27-35-36-16-8-10-20-41(36)50-42-21-11-9-19-40(42)47-46(50)39(35)28-31/h1-28H. The van der Waals surface area contributed by atoms with Crippen molar-refractivity contribution in [1.82, 2.24) is 18.9 Å². The number of pyridine rings is 1. The van der Waals surface area contributed by atoms with Gasteiger partial charge >= 0.3 is 0 Å². The average molecular weight is 637 g/mol. The van der Waals surface area contributed by atoms with E-state index >= 15 is 0 Å². The highest BCUT2D eigenvalue weighted by molar-refractivity contribution is 6.24. The molecule has 0 unspecified atom stereocenters. The molecule has 11 aromatic rings. The van der Waals surface area contributed by atoms with E-state index < -0.39 is 0 Å². The predicted molar refractivity (Wildman–Crippen MR) is 208 cm³/mol. The Morgan fingerprint density at radius 1 is 0.380 bits per heavy atom. The smallest absolute Gasteiger partial charge is 0.146 e. The summed E-state index contributed by atoms with van der Waals surface area (Å²) in [6, 6.07) is 60.6. The molecule has 0 aliphatic carbocycles. The van der Waals surface area contributed by atoms with Gasteiger partial charge in [0.15, 0.2) is 0 Å². The molecule has 0 aliphatic rings. The molecule has 8 aromatic carbocycles. The molecule has 3 heterocycles. The molecule has 0 saturated heterocycles. The maximum atomic E-state index is 5.42. The van der Waals surface area contributed by atoms with E-state index in [1.807, 2.05) is 0 Å². The van der Waals surface area contributed by atoms with Gasteiger partial charge in [-0.1, -0.05) is 133 Å². The van der Waals surface area contributed by atoms with Gasteiger partial charge in [0.25, 0.3) is 0 Å². The highest BCUT2D eigenvalue weighted by Gasteiger charge is 2.20. The van der Waals surface area contributed by atoms with Gasteiger partial charge in [0, 0.05) is 32.8 Å². The lowest BCUT2D eigenvalue weighted by Gasteiger charge is -2.13. The molecule has 0 fully saturated rings. The monoisotopic (exact) mass is 636 g/mol. The second-order valence-corrected chi connectivity index (χ2v) is 13.0. The zero-order chi connectivity index (χ0) is 32.8. The van der Waals surface area contributed by atoms with Crippen LogP contribution in [0, 0.1) is 0 Å². The maximum absolute atomic E-state index is 5.42. The SMILES string of the molecule is c1ccc(-n2c(-c3ccc(-c4ccc5c6ccccc6n6c7ccccc7nc6c5c4)cc3)nc3c4ccccc4c4ccccc4c32)cc1. The van der Waals surface area contributed by atoms with Crippen molar-refractivity contribution < 1.29 is 0 Å². The largest absolute Gasteiger partial charge is 0.292 e. The van der Waals surface area contributed by atoms with Gasteiger partial charge in [-0.05, 0) is 63.7 Å². The minimum atomic E-state index is 0.926. The highest BCUT2D eigenvalue weighted by atomic mass is 15.1. The molecule has 4 heteroatoms. The molecular formula is C46H28N4. The van der Waals surface area contributed by atoms with E-state index in [1.165, 1.54) is 32.4 Å². The van der Waals surface area contributed by atoms with Gasteiger partial charge in [0.1, 0.15) is 11.5 Å². The van der Waals surface area contributed by atoms with Crippen molar-refractivity contribution in [2.75, 3.05) is 0 Å². The third kappa shape index (κ3) is 3.81. The van der Waals surface area contributed by atoms with Crippen LogP contribution in [0.25, 0.3) is 99.1 Å². The zero-order valence-corrected chi connectivity index (χ0v) is 27.0. The van der Waals surface area contributed by atoms with Crippen LogP contribution in [0.2, 0.25) is 0 Å². The van der Waals surface area contributed by atoms with Crippen LogP contribution in [0.15, 0.2) is 170 Å². The maximum Gasteiger partial charge on any atom is 0.146 e. The molecule has 0 amide bonds. The summed E-state index contributed by atoms with van der Waals surface area (Å²) < 4.78 is 4.64. The summed E-state index contributed by atoms with van der Waals surface area (Å²) in [6.45, 7) is 0. The number of aromatic nitrogens is 4. The van der Waals surface area contributed by atoms with Gasteiger partial charge in [-0.15, -0.1) is 0 Å². The van der Waals surface area contributed by atoms with Crippen LogP contribution in [0.5, 0.6) is 0 Å². The summed E-state index contributed by atoms with van der Waals surface area (Å²) in [5.41, 5.74) is 10.9. The number of nitrogens with zero attached hydrogens (tertiary/aromatic N) is 4. The summed E-state index contributed by atoms with van der Waals surface area (Å²) in [7, 11) is 0. The minimum Gasteiger partial charge on any atom is -0.292 e. The second-order valence-electron chi connectivity index (χ2n) is 13.0. The molecule has 0 spiro atoms.